The van der Waals surface area contributed by atoms with Crippen LogP contribution in [-0.2, 0) is 0 Å². The van der Waals surface area contributed by atoms with Gasteiger partial charge in [0.25, 0.3) is 5.91 Å². The number of pyridine rings is 1. The highest BCUT2D eigenvalue weighted by Crippen LogP contribution is 2.24. The Hall–Kier alpha value is -1.88. The van der Waals surface area contributed by atoms with Crippen molar-refractivity contribution in [2.24, 2.45) is 0 Å². The maximum atomic E-state index is 12.1. The molecule has 2 aromatic rings. The third kappa shape index (κ3) is 3.36. The predicted molar refractivity (Wildman–Crippen MR) is 80.8 cm³/mol. The minimum Gasteiger partial charge on any atom is -0.496 e. The monoisotopic (exact) mass is 334 g/mol. The van der Waals surface area contributed by atoms with Gasteiger partial charge >= 0.3 is 0 Å². The summed E-state index contributed by atoms with van der Waals surface area (Å²) in [4.78, 5) is 16.2. The van der Waals surface area contributed by atoms with Crippen LogP contribution in [0.25, 0.3) is 0 Å². The summed E-state index contributed by atoms with van der Waals surface area (Å²) in [6.45, 7) is 1.92. The van der Waals surface area contributed by atoms with Crippen molar-refractivity contribution in [2.45, 2.75) is 13.0 Å². The Kier molecular flexibility index (Phi) is 4.74. The number of hydrogen-bond donors (Lipinski definition) is 1. The van der Waals surface area contributed by atoms with Gasteiger partial charge in [0, 0.05) is 11.8 Å². The molecule has 1 N–H and O–H groups in total. The van der Waals surface area contributed by atoms with E-state index in [1.165, 1.54) is 6.20 Å². The molecule has 1 atom stereocenters. The van der Waals surface area contributed by atoms with Crippen LogP contribution in [-0.4, -0.2) is 18.0 Å². The Morgan fingerprint density at radius 3 is 2.70 bits per heavy atom. The van der Waals surface area contributed by atoms with Gasteiger partial charge in [-0.25, -0.2) is 4.98 Å². The summed E-state index contributed by atoms with van der Waals surface area (Å²) in [6.07, 6.45) is 1.54. The number of ether oxygens (including phenoxy) is 1. The number of benzene rings is 1. The summed E-state index contributed by atoms with van der Waals surface area (Å²) in [5.74, 6) is 0.595. The molecule has 0 bridgehead atoms. The van der Waals surface area contributed by atoms with Crippen LogP contribution in [0.5, 0.6) is 5.75 Å². The third-order valence-corrected chi connectivity index (χ3v) is 3.41. The van der Waals surface area contributed by atoms with Crippen LogP contribution in [0, 0.1) is 0 Å². The Morgan fingerprint density at radius 2 is 2.05 bits per heavy atom. The normalized spacial score (nSPS) is 11.8. The van der Waals surface area contributed by atoms with Crippen molar-refractivity contribution >= 4 is 21.8 Å². The van der Waals surface area contributed by atoms with E-state index in [9.17, 15) is 4.79 Å². The first kappa shape index (κ1) is 14.5. The van der Waals surface area contributed by atoms with Crippen molar-refractivity contribution in [3.63, 3.8) is 0 Å². The van der Waals surface area contributed by atoms with Gasteiger partial charge in [0.2, 0.25) is 0 Å². The minimum absolute atomic E-state index is 0.151. The highest BCUT2D eigenvalue weighted by atomic mass is 79.9. The van der Waals surface area contributed by atoms with Gasteiger partial charge in [-0.05, 0) is 41.1 Å². The summed E-state index contributed by atoms with van der Waals surface area (Å²) < 4.78 is 6.00. The minimum atomic E-state index is -0.164. The second-order valence-corrected chi connectivity index (χ2v) is 5.12. The van der Waals surface area contributed by atoms with Gasteiger partial charge in [0.05, 0.1) is 18.7 Å². The van der Waals surface area contributed by atoms with Crippen molar-refractivity contribution in [1.29, 1.82) is 0 Å². The first-order valence-corrected chi connectivity index (χ1v) is 6.96. The van der Waals surface area contributed by atoms with Gasteiger partial charge in [-0.2, -0.15) is 0 Å². The van der Waals surface area contributed by atoms with Crippen LogP contribution in [0.2, 0.25) is 0 Å². The van der Waals surface area contributed by atoms with Crippen molar-refractivity contribution in [3.05, 3.63) is 58.3 Å². The summed E-state index contributed by atoms with van der Waals surface area (Å²) in [6, 6.07) is 10.9. The van der Waals surface area contributed by atoms with Crippen LogP contribution in [0.4, 0.5) is 0 Å². The predicted octanol–water partition coefficient (Wildman–Crippen LogP) is 3.34. The summed E-state index contributed by atoms with van der Waals surface area (Å²) in [7, 11) is 1.62. The molecule has 4 nitrogen and oxygen atoms in total. The molecule has 1 heterocycles. The zero-order chi connectivity index (χ0) is 14.5. The second-order valence-electron chi connectivity index (χ2n) is 4.31. The van der Waals surface area contributed by atoms with Crippen LogP contribution in [0.1, 0.15) is 28.9 Å². The molecule has 0 radical (unpaired) electrons. The number of nitrogens with zero attached hydrogens (tertiary/aromatic N) is 1. The molecule has 2 rings (SSSR count). The van der Waals surface area contributed by atoms with Crippen LogP contribution in [0.3, 0.4) is 0 Å². The molecule has 0 saturated carbocycles. The molecule has 0 aliphatic rings. The number of rotatable bonds is 4. The molecule has 104 valence electrons. The van der Waals surface area contributed by atoms with E-state index in [-0.39, 0.29) is 11.9 Å². The van der Waals surface area contributed by atoms with E-state index in [0.717, 1.165) is 11.3 Å². The van der Waals surface area contributed by atoms with E-state index < -0.39 is 0 Å². The SMILES string of the molecule is COc1ccccc1C(C)NC(=O)c1ccc(Br)nc1. The number of methoxy groups -OCH3 is 1. The number of carbonyl (C=O) groups is 1. The molecular weight excluding hydrogens is 320 g/mol. The van der Waals surface area contributed by atoms with E-state index in [4.69, 9.17) is 4.74 Å². The number of halogens is 1. The zero-order valence-corrected chi connectivity index (χ0v) is 12.8. The molecule has 1 aromatic heterocycles. The highest BCUT2D eigenvalue weighted by molar-refractivity contribution is 9.10. The molecule has 0 aliphatic carbocycles. The standard InChI is InChI=1S/C15H15BrN2O2/c1-10(12-5-3-4-6-13(12)20-2)18-15(19)11-7-8-14(16)17-9-11/h3-10H,1-2H3,(H,18,19). The van der Waals surface area contributed by atoms with E-state index in [2.05, 4.69) is 26.2 Å². The lowest BCUT2D eigenvalue weighted by molar-refractivity contribution is 0.0939. The molecule has 0 saturated heterocycles. The molecular formula is C15H15BrN2O2. The number of hydrogen-bond acceptors (Lipinski definition) is 3. The number of para-hydroxylation sites is 1. The van der Waals surface area contributed by atoms with E-state index in [1.54, 1.807) is 19.2 Å². The van der Waals surface area contributed by atoms with Crippen LogP contribution in [0.15, 0.2) is 47.2 Å². The molecule has 20 heavy (non-hydrogen) atoms. The Balaban J connectivity index is 2.13. The van der Waals surface area contributed by atoms with E-state index >= 15 is 0 Å². The molecule has 0 fully saturated rings. The molecule has 1 aromatic carbocycles. The number of aromatic nitrogens is 1. The summed E-state index contributed by atoms with van der Waals surface area (Å²) >= 11 is 3.24. The van der Waals surface area contributed by atoms with Gasteiger partial charge < -0.3 is 10.1 Å². The van der Waals surface area contributed by atoms with Crippen molar-refractivity contribution in [1.82, 2.24) is 10.3 Å². The molecule has 0 aliphatic heterocycles. The Morgan fingerprint density at radius 1 is 1.30 bits per heavy atom. The van der Waals surface area contributed by atoms with Gasteiger partial charge in [-0.15, -0.1) is 0 Å². The topological polar surface area (TPSA) is 51.2 Å². The summed E-state index contributed by atoms with van der Waals surface area (Å²) in [5.41, 5.74) is 1.46. The summed E-state index contributed by atoms with van der Waals surface area (Å²) in [5, 5.41) is 2.93. The fourth-order valence-corrected chi connectivity index (χ4v) is 2.13. The Labute approximate surface area is 126 Å². The average Bonchev–Trinajstić information content (AvgIpc) is 2.47. The van der Waals surface area contributed by atoms with Crippen molar-refractivity contribution in [2.75, 3.05) is 7.11 Å². The first-order valence-electron chi connectivity index (χ1n) is 6.17. The van der Waals surface area contributed by atoms with Crippen LogP contribution < -0.4 is 10.1 Å². The molecule has 1 unspecified atom stereocenters. The molecule has 1 amide bonds. The van der Waals surface area contributed by atoms with Gasteiger partial charge in [0.15, 0.2) is 0 Å². The lowest BCUT2D eigenvalue weighted by atomic mass is 10.1. The van der Waals surface area contributed by atoms with E-state index in [0.29, 0.717) is 10.2 Å². The quantitative estimate of drug-likeness (QED) is 0.872. The maximum Gasteiger partial charge on any atom is 0.253 e. The lowest BCUT2D eigenvalue weighted by Crippen LogP contribution is -2.27. The fourth-order valence-electron chi connectivity index (χ4n) is 1.89. The number of amides is 1. The smallest absolute Gasteiger partial charge is 0.253 e. The largest absolute Gasteiger partial charge is 0.496 e. The Bertz CT molecular complexity index is 599. The van der Waals surface area contributed by atoms with Gasteiger partial charge in [0.1, 0.15) is 10.4 Å². The highest BCUT2D eigenvalue weighted by Gasteiger charge is 2.14. The van der Waals surface area contributed by atoms with Crippen molar-refractivity contribution in [3.8, 4) is 5.75 Å². The molecule has 5 heteroatoms. The fraction of sp³-hybridized carbons (Fsp3) is 0.200. The third-order valence-electron chi connectivity index (χ3n) is 2.94. The maximum absolute atomic E-state index is 12.1. The van der Waals surface area contributed by atoms with Gasteiger partial charge in [-0.1, -0.05) is 18.2 Å². The van der Waals surface area contributed by atoms with Crippen molar-refractivity contribution < 1.29 is 9.53 Å². The lowest BCUT2D eigenvalue weighted by Gasteiger charge is -2.17. The second kappa shape index (κ2) is 6.52. The average molecular weight is 335 g/mol. The zero-order valence-electron chi connectivity index (χ0n) is 11.3. The molecule has 0 spiro atoms. The first-order chi connectivity index (χ1) is 9.61. The van der Waals surface area contributed by atoms with Crippen LogP contribution >= 0.6 is 15.9 Å². The van der Waals surface area contributed by atoms with E-state index in [1.807, 2.05) is 31.2 Å². The van der Waals surface area contributed by atoms with Gasteiger partial charge in [-0.3, -0.25) is 4.79 Å². The number of nitrogens with one attached hydrogen (secondary N) is 1. The number of carbonyl (C=O) groups excluding carboxylic acids is 1.